The SMILES string of the molecule is CC(C)(C)c1ccc2[nH]c(-c3ccccc3)cc2c1. The highest BCUT2D eigenvalue weighted by Gasteiger charge is 2.14. The highest BCUT2D eigenvalue weighted by Crippen LogP contribution is 2.29. The Morgan fingerprint density at radius 1 is 0.842 bits per heavy atom. The quantitative estimate of drug-likeness (QED) is 0.615. The first-order chi connectivity index (χ1) is 9.04. The van der Waals surface area contributed by atoms with Crippen LogP contribution in [0.2, 0.25) is 0 Å². The molecule has 1 aromatic heterocycles. The van der Waals surface area contributed by atoms with Gasteiger partial charge in [0.15, 0.2) is 0 Å². The van der Waals surface area contributed by atoms with E-state index in [0.717, 1.165) is 0 Å². The van der Waals surface area contributed by atoms with Crippen LogP contribution in [0.25, 0.3) is 22.2 Å². The standard InChI is InChI=1S/C18H19N/c1-18(2,3)15-9-10-16-14(11-15)12-17(19-16)13-7-5-4-6-8-13/h4-12,19H,1-3H3. The molecule has 1 N–H and O–H groups in total. The molecule has 0 amide bonds. The van der Waals surface area contributed by atoms with Crippen molar-refractivity contribution >= 4 is 10.9 Å². The third kappa shape index (κ3) is 2.28. The van der Waals surface area contributed by atoms with E-state index in [0.29, 0.717) is 0 Å². The summed E-state index contributed by atoms with van der Waals surface area (Å²) in [6.07, 6.45) is 0. The molecule has 1 heterocycles. The lowest BCUT2D eigenvalue weighted by Crippen LogP contribution is -2.10. The maximum absolute atomic E-state index is 3.49. The molecule has 0 aliphatic carbocycles. The largest absolute Gasteiger partial charge is 0.355 e. The second-order valence-electron chi connectivity index (χ2n) is 6.10. The van der Waals surface area contributed by atoms with Gasteiger partial charge < -0.3 is 4.98 Å². The molecule has 0 fully saturated rings. The maximum atomic E-state index is 3.49. The zero-order valence-corrected chi connectivity index (χ0v) is 11.7. The Morgan fingerprint density at radius 3 is 2.26 bits per heavy atom. The average Bonchev–Trinajstić information content (AvgIpc) is 2.81. The monoisotopic (exact) mass is 249 g/mol. The molecule has 96 valence electrons. The lowest BCUT2D eigenvalue weighted by Gasteiger charge is -2.18. The van der Waals surface area contributed by atoms with Crippen molar-refractivity contribution in [3.63, 3.8) is 0 Å². The van der Waals surface area contributed by atoms with Gasteiger partial charge in [0.2, 0.25) is 0 Å². The van der Waals surface area contributed by atoms with E-state index in [9.17, 15) is 0 Å². The van der Waals surface area contributed by atoms with E-state index >= 15 is 0 Å². The number of hydrogen-bond acceptors (Lipinski definition) is 0. The molecule has 0 radical (unpaired) electrons. The van der Waals surface area contributed by atoms with Crippen molar-refractivity contribution in [2.45, 2.75) is 26.2 Å². The fourth-order valence-corrected chi connectivity index (χ4v) is 2.37. The van der Waals surface area contributed by atoms with E-state index in [4.69, 9.17) is 0 Å². The number of nitrogens with one attached hydrogen (secondary N) is 1. The lowest BCUT2D eigenvalue weighted by atomic mass is 9.86. The molecular weight excluding hydrogens is 230 g/mol. The number of rotatable bonds is 1. The van der Waals surface area contributed by atoms with Gasteiger partial charge in [-0.3, -0.25) is 0 Å². The Labute approximate surface area is 114 Å². The van der Waals surface area contributed by atoms with Crippen LogP contribution in [0.5, 0.6) is 0 Å². The number of aromatic nitrogens is 1. The summed E-state index contributed by atoms with van der Waals surface area (Å²) in [7, 11) is 0. The van der Waals surface area contributed by atoms with Crippen LogP contribution in [-0.4, -0.2) is 4.98 Å². The molecule has 1 nitrogen and oxygen atoms in total. The van der Waals surface area contributed by atoms with E-state index in [2.05, 4.69) is 74.3 Å². The number of hydrogen-bond donors (Lipinski definition) is 1. The van der Waals surface area contributed by atoms with E-state index in [1.165, 1.54) is 27.7 Å². The van der Waals surface area contributed by atoms with Gasteiger partial charge in [0.25, 0.3) is 0 Å². The summed E-state index contributed by atoms with van der Waals surface area (Å²) in [6.45, 7) is 6.75. The zero-order chi connectivity index (χ0) is 13.5. The van der Waals surface area contributed by atoms with Crippen molar-refractivity contribution in [3.8, 4) is 11.3 Å². The number of benzene rings is 2. The zero-order valence-electron chi connectivity index (χ0n) is 11.7. The van der Waals surface area contributed by atoms with Gasteiger partial charge in [-0.2, -0.15) is 0 Å². The fourth-order valence-electron chi connectivity index (χ4n) is 2.37. The van der Waals surface area contributed by atoms with Crippen molar-refractivity contribution in [1.29, 1.82) is 0 Å². The van der Waals surface area contributed by atoms with Gasteiger partial charge in [-0.05, 0) is 34.7 Å². The average molecular weight is 249 g/mol. The Hall–Kier alpha value is -2.02. The molecule has 0 aliphatic rings. The second-order valence-corrected chi connectivity index (χ2v) is 6.10. The Kier molecular flexibility index (Phi) is 2.70. The number of aromatic amines is 1. The maximum Gasteiger partial charge on any atom is 0.0464 e. The Bertz CT molecular complexity index is 699. The minimum Gasteiger partial charge on any atom is -0.355 e. The summed E-state index contributed by atoms with van der Waals surface area (Å²) in [5, 5.41) is 1.28. The Morgan fingerprint density at radius 2 is 1.58 bits per heavy atom. The predicted octanol–water partition coefficient (Wildman–Crippen LogP) is 5.13. The van der Waals surface area contributed by atoms with Crippen molar-refractivity contribution in [1.82, 2.24) is 4.98 Å². The van der Waals surface area contributed by atoms with Crippen LogP contribution in [0, 0.1) is 0 Å². The van der Waals surface area contributed by atoms with Crippen molar-refractivity contribution in [2.24, 2.45) is 0 Å². The minimum absolute atomic E-state index is 0.193. The van der Waals surface area contributed by atoms with Crippen LogP contribution in [0.15, 0.2) is 54.6 Å². The minimum atomic E-state index is 0.193. The van der Waals surface area contributed by atoms with Crippen molar-refractivity contribution < 1.29 is 0 Å². The fraction of sp³-hybridized carbons (Fsp3) is 0.222. The molecular formula is C18H19N. The molecule has 0 unspecified atom stereocenters. The first-order valence-corrected chi connectivity index (χ1v) is 6.73. The molecule has 0 atom stereocenters. The molecule has 0 bridgehead atoms. The lowest BCUT2D eigenvalue weighted by molar-refractivity contribution is 0.591. The molecule has 2 aromatic carbocycles. The summed E-state index contributed by atoms with van der Waals surface area (Å²) in [6, 6.07) is 19.4. The second kappa shape index (κ2) is 4.27. The first-order valence-electron chi connectivity index (χ1n) is 6.73. The summed E-state index contributed by atoms with van der Waals surface area (Å²) < 4.78 is 0. The third-order valence-electron chi connectivity index (χ3n) is 3.57. The van der Waals surface area contributed by atoms with E-state index in [1.807, 2.05) is 6.07 Å². The predicted molar refractivity (Wildman–Crippen MR) is 82.4 cm³/mol. The highest BCUT2D eigenvalue weighted by molar-refractivity contribution is 5.86. The van der Waals surface area contributed by atoms with Gasteiger partial charge in [0, 0.05) is 16.6 Å². The molecule has 0 aliphatic heterocycles. The van der Waals surface area contributed by atoms with Gasteiger partial charge in [-0.25, -0.2) is 0 Å². The number of H-pyrrole nitrogens is 1. The van der Waals surface area contributed by atoms with Crippen molar-refractivity contribution in [2.75, 3.05) is 0 Å². The normalized spacial score (nSPS) is 11.9. The van der Waals surface area contributed by atoms with E-state index in [-0.39, 0.29) is 5.41 Å². The Balaban J connectivity index is 2.12. The van der Waals surface area contributed by atoms with Gasteiger partial charge in [0.1, 0.15) is 0 Å². The molecule has 0 saturated heterocycles. The smallest absolute Gasteiger partial charge is 0.0464 e. The molecule has 0 saturated carbocycles. The van der Waals surface area contributed by atoms with Crippen LogP contribution in [0.3, 0.4) is 0 Å². The molecule has 3 aromatic rings. The summed E-state index contributed by atoms with van der Waals surface area (Å²) in [5.41, 5.74) is 5.18. The van der Waals surface area contributed by atoms with Gasteiger partial charge in [-0.1, -0.05) is 57.2 Å². The molecule has 19 heavy (non-hydrogen) atoms. The van der Waals surface area contributed by atoms with Crippen LogP contribution in [0.1, 0.15) is 26.3 Å². The van der Waals surface area contributed by atoms with Crippen LogP contribution < -0.4 is 0 Å². The number of fused-ring (bicyclic) bond motifs is 1. The summed E-state index contributed by atoms with van der Waals surface area (Å²) >= 11 is 0. The van der Waals surface area contributed by atoms with Gasteiger partial charge in [-0.15, -0.1) is 0 Å². The third-order valence-corrected chi connectivity index (χ3v) is 3.57. The molecule has 3 rings (SSSR count). The summed E-state index contributed by atoms with van der Waals surface area (Å²) in [4.78, 5) is 3.49. The van der Waals surface area contributed by atoms with E-state index in [1.54, 1.807) is 0 Å². The first kappa shape index (κ1) is 12.0. The molecule has 1 heteroatoms. The van der Waals surface area contributed by atoms with Gasteiger partial charge in [0.05, 0.1) is 0 Å². The van der Waals surface area contributed by atoms with Crippen LogP contribution >= 0.6 is 0 Å². The van der Waals surface area contributed by atoms with Crippen LogP contribution in [-0.2, 0) is 5.41 Å². The van der Waals surface area contributed by atoms with E-state index < -0.39 is 0 Å². The highest BCUT2D eigenvalue weighted by atomic mass is 14.7. The van der Waals surface area contributed by atoms with Crippen LogP contribution in [0.4, 0.5) is 0 Å². The topological polar surface area (TPSA) is 15.8 Å². The van der Waals surface area contributed by atoms with Crippen molar-refractivity contribution in [3.05, 3.63) is 60.2 Å². The summed E-state index contributed by atoms with van der Waals surface area (Å²) in [5.74, 6) is 0. The van der Waals surface area contributed by atoms with Gasteiger partial charge >= 0.3 is 0 Å². The molecule has 0 spiro atoms.